The topological polar surface area (TPSA) is 50.9 Å². The number of carbonyl (C=O) groups excluding carboxylic acids is 1. The minimum absolute atomic E-state index is 0.0139. The van der Waals surface area contributed by atoms with Crippen LogP contribution in [0, 0.1) is 0 Å². The first-order valence-electron chi connectivity index (χ1n) is 5.42. The van der Waals surface area contributed by atoms with Crippen LogP contribution in [0.3, 0.4) is 0 Å². The summed E-state index contributed by atoms with van der Waals surface area (Å²) in [5.41, 5.74) is 0.793. The number of ether oxygens (including phenoxy) is 2. The zero-order chi connectivity index (χ0) is 11.4. The fourth-order valence-corrected chi connectivity index (χ4v) is 1.24. The van der Waals surface area contributed by atoms with Crippen molar-refractivity contribution in [3.05, 3.63) is 24.3 Å². The minimum Gasteiger partial charge on any atom is -0.491 e. The number of amides is 1. The summed E-state index contributed by atoms with van der Waals surface area (Å²) in [5.74, 6) is 0.810. The molecule has 0 radical (unpaired) electrons. The second kappa shape index (κ2) is 4.99. The number of rotatable bonds is 5. The number of hydrogen-bond donors (Lipinski definition) is 1. The van der Waals surface area contributed by atoms with Crippen molar-refractivity contribution in [2.75, 3.05) is 18.5 Å². The lowest BCUT2D eigenvalue weighted by molar-refractivity contribution is -0.115. The van der Waals surface area contributed by atoms with Crippen LogP contribution in [0.15, 0.2) is 24.3 Å². The van der Waals surface area contributed by atoms with Gasteiger partial charge in [-0.1, -0.05) is 6.92 Å². The molecule has 4 heteroatoms. The predicted molar refractivity (Wildman–Crippen MR) is 60.6 cm³/mol. The highest BCUT2D eigenvalue weighted by molar-refractivity contribution is 5.90. The molecule has 4 nitrogen and oxygen atoms in total. The van der Waals surface area contributed by atoms with E-state index >= 15 is 0 Å². The molecule has 1 fully saturated rings. The average molecular weight is 221 g/mol. The van der Waals surface area contributed by atoms with Gasteiger partial charge in [-0.25, -0.2) is 0 Å². The third kappa shape index (κ3) is 3.24. The van der Waals surface area contributed by atoms with Crippen LogP contribution in [0.5, 0.6) is 5.75 Å². The summed E-state index contributed by atoms with van der Waals surface area (Å²) in [6, 6.07) is 7.34. The Hall–Kier alpha value is -1.55. The van der Waals surface area contributed by atoms with E-state index < -0.39 is 0 Å². The smallest absolute Gasteiger partial charge is 0.224 e. The van der Waals surface area contributed by atoms with Crippen LogP contribution < -0.4 is 10.1 Å². The molecule has 86 valence electrons. The van der Waals surface area contributed by atoms with Gasteiger partial charge in [0.05, 0.1) is 6.61 Å². The molecule has 1 saturated heterocycles. The monoisotopic (exact) mass is 221 g/mol. The van der Waals surface area contributed by atoms with E-state index in [2.05, 4.69) is 5.32 Å². The van der Waals surface area contributed by atoms with E-state index in [0.717, 1.165) is 18.0 Å². The molecule has 0 unspecified atom stereocenters. The van der Waals surface area contributed by atoms with Crippen molar-refractivity contribution in [3.8, 4) is 5.75 Å². The van der Waals surface area contributed by atoms with Crippen molar-refractivity contribution in [1.29, 1.82) is 0 Å². The molecule has 1 N–H and O–H groups in total. The van der Waals surface area contributed by atoms with Gasteiger partial charge in [0, 0.05) is 12.1 Å². The molecule has 16 heavy (non-hydrogen) atoms. The third-order valence-electron chi connectivity index (χ3n) is 2.30. The van der Waals surface area contributed by atoms with Crippen LogP contribution in [-0.2, 0) is 9.53 Å². The Balaban J connectivity index is 1.85. The van der Waals surface area contributed by atoms with E-state index in [0.29, 0.717) is 13.0 Å². The van der Waals surface area contributed by atoms with Crippen LogP contribution >= 0.6 is 0 Å². The second-order valence-corrected chi connectivity index (χ2v) is 3.69. The number of epoxide rings is 1. The fourth-order valence-electron chi connectivity index (χ4n) is 1.24. The summed E-state index contributed by atoms with van der Waals surface area (Å²) < 4.78 is 10.5. The Kier molecular flexibility index (Phi) is 3.41. The Morgan fingerprint density at radius 2 is 2.19 bits per heavy atom. The van der Waals surface area contributed by atoms with E-state index in [4.69, 9.17) is 9.47 Å². The summed E-state index contributed by atoms with van der Waals surface area (Å²) in [7, 11) is 0. The van der Waals surface area contributed by atoms with Gasteiger partial charge in [-0.05, 0) is 24.3 Å². The summed E-state index contributed by atoms with van der Waals surface area (Å²) in [5, 5.41) is 2.78. The predicted octanol–water partition coefficient (Wildman–Crippen LogP) is 1.81. The maximum absolute atomic E-state index is 11.1. The Labute approximate surface area is 94.6 Å². The molecule has 0 aliphatic carbocycles. The van der Waals surface area contributed by atoms with E-state index in [1.165, 1.54) is 0 Å². The molecule has 2 rings (SSSR count). The van der Waals surface area contributed by atoms with E-state index in [-0.39, 0.29) is 12.0 Å². The lowest BCUT2D eigenvalue weighted by atomic mass is 10.3. The van der Waals surface area contributed by atoms with Gasteiger partial charge in [0.1, 0.15) is 18.5 Å². The van der Waals surface area contributed by atoms with Crippen LogP contribution in [0.4, 0.5) is 5.69 Å². The first kappa shape index (κ1) is 11.0. The standard InChI is InChI=1S/C12H15NO3/c1-2-12(14)13-9-3-5-10(6-4-9)15-7-11-8-16-11/h3-6,11H,2,7-8H2,1H3,(H,13,14)/t11-/m1/s1. The maximum atomic E-state index is 11.1. The molecular weight excluding hydrogens is 206 g/mol. The van der Waals surface area contributed by atoms with Gasteiger partial charge in [0.15, 0.2) is 0 Å². The largest absolute Gasteiger partial charge is 0.491 e. The van der Waals surface area contributed by atoms with Gasteiger partial charge in [-0.15, -0.1) is 0 Å². The zero-order valence-corrected chi connectivity index (χ0v) is 9.23. The van der Waals surface area contributed by atoms with Gasteiger partial charge < -0.3 is 14.8 Å². The Morgan fingerprint density at radius 1 is 1.50 bits per heavy atom. The van der Waals surface area contributed by atoms with Crippen molar-refractivity contribution in [2.24, 2.45) is 0 Å². The van der Waals surface area contributed by atoms with Gasteiger partial charge >= 0.3 is 0 Å². The van der Waals surface area contributed by atoms with Crippen molar-refractivity contribution in [3.63, 3.8) is 0 Å². The number of hydrogen-bond acceptors (Lipinski definition) is 3. The van der Waals surface area contributed by atoms with Crippen LogP contribution in [0.25, 0.3) is 0 Å². The van der Waals surface area contributed by atoms with Crippen LogP contribution in [0.1, 0.15) is 13.3 Å². The Bertz CT molecular complexity index is 357. The molecule has 1 aliphatic rings. The van der Waals surface area contributed by atoms with E-state index in [1.54, 1.807) is 0 Å². The zero-order valence-electron chi connectivity index (χ0n) is 9.23. The average Bonchev–Trinajstić information content (AvgIpc) is 3.12. The number of anilines is 1. The highest BCUT2D eigenvalue weighted by Crippen LogP contribution is 2.18. The highest BCUT2D eigenvalue weighted by atomic mass is 16.6. The molecule has 1 amide bonds. The van der Waals surface area contributed by atoms with Crippen LogP contribution in [0.2, 0.25) is 0 Å². The normalized spacial score (nSPS) is 17.9. The number of carbonyl (C=O) groups is 1. The molecule has 0 spiro atoms. The summed E-state index contributed by atoms with van der Waals surface area (Å²) in [6.07, 6.45) is 0.747. The first-order valence-corrected chi connectivity index (χ1v) is 5.42. The van der Waals surface area contributed by atoms with Crippen molar-refractivity contribution < 1.29 is 14.3 Å². The number of benzene rings is 1. The van der Waals surface area contributed by atoms with Crippen molar-refractivity contribution >= 4 is 11.6 Å². The van der Waals surface area contributed by atoms with Gasteiger partial charge in [0.2, 0.25) is 5.91 Å². The van der Waals surface area contributed by atoms with Crippen molar-refractivity contribution in [1.82, 2.24) is 0 Å². The molecule has 0 aromatic heterocycles. The number of nitrogens with one attached hydrogen (secondary N) is 1. The highest BCUT2D eigenvalue weighted by Gasteiger charge is 2.22. The lowest BCUT2D eigenvalue weighted by Gasteiger charge is -2.06. The first-order chi connectivity index (χ1) is 7.78. The summed E-state index contributed by atoms with van der Waals surface area (Å²) >= 11 is 0. The fraction of sp³-hybridized carbons (Fsp3) is 0.417. The summed E-state index contributed by atoms with van der Waals surface area (Å²) in [4.78, 5) is 11.1. The second-order valence-electron chi connectivity index (χ2n) is 3.69. The minimum atomic E-state index is 0.0139. The van der Waals surface area contributed by atoms with Gasteiger partial charge in [-0.2, -0.15) is 0 Å². The Morgan fingerprint density at radius 3 is 2.75 bits per heavy atom. The van der Waals surface area contributed by atoms with Gasteiger partial charge in [-0.3, -0.25) is 4.79 Å². The van der Waals surface area contributed by atoms with E-state index in [9.17, 15) is 4.79 Å². The molecule has 0 saturated carbocycles. The maximum Gasteiger partial charge on any atom is 0.224 e. The van der Waals surface area contributed by atoms with E-state index in [1.807, 2.05) is 31.2 Å². The molecule has 1 atom stereocenters. The molecule has 1 aromatic rings. The molecular formula is C12H15NO3. The lowest BCUT2D eigenvalue weighted by Crippen LogP contribution is -2.09. The van der Waals surface area contributed by atoms with Crippen molar-refractivity contribution in [2.45, 2.75) is 19.4 Å². The summed E-state index contributed by atoms with van der Waals surface area (Å²) in [6.45, 7) is 3.22. The third-order valence-corrected chi connectivity index (χ3v) is 2.30. The van der Waals surface area contributed by atoms with Gasteiger partial charge in [0.25, 0.3) is 0 Å². The molecule has 0 bridgehead atoms. The SMILES string of the molecule is CCC(=O)Nc1ccc(OC[C@@H]2CO2)cc1. The quantitative estimate of drug-likeness (QED) is 0.771. The van der Waals surface area contributed by atoms with Crippen LogP contribution in [-0.4, -0.2) is 25.2 Å². The molecule has 1 heterocycles. The molecule has 1 aromatic carbocycles. The molecule has 1 aliphatic heterocycles.